The van der Waals surface area contributed by atoms with E-state index in [0.717, 1.165) is 12.2 Å². The molecular formula is C18H24N2O. The molecule has 0 saturated carbocycles. The van der Waals surface area contributed by atoms with E-state index in [2.05, 4.69) is 38.3 Å². The number of benzene rings is 2. The first kappa shape index (κ1) is 15.5. The van der Waals surface area contributed by atoms with E-state index in [0.29, 0.717) is 6.61 Å². The summed E-state index contributed by atoms with van der Waals surface area (Å²) in [5, 5.41) is 0. The fourth-order valence-corrected chi connectivity index (χ4v) is 2.66. The molecule has 0 aliphatic rings. The number of para-hydroxylation sites is 1. The quantitative estimate of drug-likeness (QED) is 0.633. The van der Waals surface area contributed by atoms with Crippen molar-refractivity contribution in [3.63, 3.8) is 0 Å². The lowest BCUT2D eigenvalue weighted by Crippen LogP contribution is -2.41. The lowest BCUT2D eigenvalue weighted by atomic mass is 9.95. The Balaban J connectivity index is 2.02. The number of nitrogens with one attached hydrogen (secondary N) is 1. The summed E-state index contributed by atoms with van der Waals surface area (Å²) >= 11 is 0. The van der Waals surface area contributed by atoms with Crippen molar-refractivity contribution in [2.24, 2.45) is 5.84 Å². The molecule has 0 amide bonds. The van der Waals surface area contributed by atoms with Crippen LogP contribution in [0, 0.1) is 20.8 Å². The number of aryl methyl sites for hydroxylation is 3. The zero-order valence-corrected chi connectivity index (χ0v) is 13.0. The summed E-state index contributed by atoms with van der Waals surface area (Å²) in [6.07, 6.45) is 0.862. The van der Waals surface area contributed by atoms with Gasteiger partial charge in [-0.25, -0.2) is 0 Å². The van der Waals surface area contributed by atoms with Crippen LogP contribution < -0.4 is 16.0 Å². The fourth-order valence-electron chi connectivity index (χ4n) is 2.66. The van der Waals surface area contributed by atoms with Gasteiger partial charge in [0.1, 0.15) is 12.4 Å². The molecule has 0 aliphatic heterocycles. The van der Waals surface area contributed by atoms with Gasteiger partial charge in [-0.15, -0.1) is 0 Å². The lowest BCUT2D eigenvalue weighted by molar-refractivity contribution is 0.264. The summed E-state index contributed by atoms with van der Waals surface area (Å²) in [5.41, 5.74) is 8.13. The minimum Gasteiger partial charge on any atom is -0.492 e. The topological polar surface area (TPSA) is 47.3 Å². The highest BCUT2D eigenvalue weighted by molar-refractivity contribution is 5.38. The van der Waals surface area contributed by atoms with E-state index in [1.807, 2.05) is 30.3 Å². The van der Waals surface area contributed by atoms with Crippen molar-refractivity contribution >= 4 is 0 Å². The van der Waals surface area contributed by atoms with Crippen molar-refractivity contribution in [3.05, 3.63) is 64.7 Å². The van der Waals surface area contributed by atoms with Crippen molar-refractivity contribution in [2.75, 3.05) is 6.61 Å². The second kappa shape index (κ2) is 7.25. The van der Waals surface area contributed by atoms with Crippen LogP contribution in [-0.4, -0.2) is 12.6 Å². The largest absolute Gasteiger partial charge is 0.492 e. The standard InChI is InChI=1S/C18H24N2O/c1-13-9-14(2)18(15(3)10-13)11-16(20-19)12-21-17-7-5-4-6-8-17/h4-10,16,20H,11-12,19H2,1-3H3. The zero-order chi connectivity index (χ0) is 15.2. The number of hydrazine groups is 1. The van der Waals surface area contributed by atoms with E-state index in [1.165, 1.54) is 22.3 Å². The molecule has 3 heteroatoms. The van der Waals surface area contributed by atoms with Gasteiger partial charge in [-0.05, 0) is 56.0 Å². The van der Waals surface area contributed by atoms with Crippen LogP contribution in [0.5, 0.6) is 5.75 Å². The maximum Gasteiger partial charge on any atom is 0.119 e. The number of rotatable bonds is 6. The van der Waals surface area contributed by atoms with Crippen LogP contribution in [-0.2, 0) is 6.42 Å². The molecular weight excluding hydrogens is 260 g/mol. The van der Waals surface area contributed by atoms with Gasteiger partial charge in [0.2, 0.25) is 0 Å². The van der Waals surface area contributed by atoms with Gasteiger partial charge in [0, 0.05) is 0 Å². The number of nitrogens with two attached hydrogens (primary N) is 1. The second-order valence-electron chi connectivity index (χ2n) is 5.57. The van der Waals surface area contributed by atoms with E-state index in [9.17, 15) is 0 Å². The predicted octanol–water partition coefficient (Wildman–Crippen LogP) is 3.07. The Morgan fingerprint density at radius 1 is 1.05 bits per heavy atom. The smallest absolute Gasteiger partial charge is 0.119 e. The maximum absolute atomic E-state index is 5.79. The van der Waals surface area contributed by atoms with Crippen LogP contribution in [0.3, 0.4) is 0 Å². The minimum absolute atomic E-state index is 0.0883. The van der Waals surface area contributed by atoms with E-state index in [4.69, 9.17) is 10.6 Å². The second-order valence-corrected chi connectivity index (χ2v) is 5.57. The van der Waals surface area contributed by atoms with Gasteiger partial charge < -0.3 is 4.74 Å². The highest BCUT2D eigenvalue weighted by atomic mass is 16.5. The molecule has 0 heterocycles. The molecule has 1 unspecified atom stereocenters. The Hall–Kier alpha value is -1.84. The fraction of sp³-hybridized carbons (Fsp3) is 0.333. The Morgan fingerprint density at radius 3 is 2.24 bits per heavy atom. The van der Waals surface area contributed by atoms with Crippen molar-refractivity contribution in [1.29, 1.82) is 0 Å². The van der Waals surface area contributed by atoms with Crippen LogP contribution in [0.4, 0.5) is 0 Å². The molecule has 3 N–H and O–H groups in total. The highest BCUT2D eigenvalue weighted by Crippen LogP contribution is 2.18. The third kappa shape index (κ3) is 4.31. The van der Waals surface area contributed by atoms with Crippen molar-refractivity contribution < 1.29 is 4.74 Å². The first-order chi connectivity index (χ1) is 10.1. The zero-order valence-electron chi connectivity index (χ0n) is 13.0. The molecule has 112 valence electrons. The molecule has 3 nitrogen and oxygen atoms in total. The van der Waals surface area contributed by atoms with E-state index >= 15 is 0 Å². The van der Waals surface area contributed by atoms with E-state index in [-0.39, 0.29) is 6.04 Å². The monoisotopic (exact) mass is 284 g/mol. The Bertz CT molecular complexity index is 558. The number of hydrogen-bond acceptors (Lipinski definition) is 3. The molecule has 2 aromatic rings. The molecule has 2 aromatic carbocycles. The Labute approximate surface area is 127 Å². The number of ether oxygens (including phenoxy) is 1. The van der Waals surface area contributed by atoms with Crippen LogP contribution in [0.1, 0.15) is 22.3 Å². The predicted molar refractivity (Wildman–Crippen MR) is 87.4 cm³/mol. The first-order valence-corrected chi connectivity index (χ1v) is 7.31. The molecule has 0 saturated heterocycles. The van der Waals surface area contributed by atoms with Crippen LogP contribution in [0.2, 0.25) is 0 Å². The third-order valence-electron chi connectivity index (χ3n) is 3.72. The summed E-state index contributed by atoms with van der Waals surface area (Å²) in [6.45, 7) is 6.98. The summed E-state index contributed by atoms with van der Waals surface area (Å²) < 4.78 is 5.79. The van der Waals surface area contributed by atoms with Gasteiger partial charge in [-0.2, -0.15) is 0 Å². The average molecular weight is 284 g/mol. The molecule has 0 aliphatic carbocycles. The molecule has 0 fully saturated rings. The van der Waals surface area contributed by atoms with Crippen LogP contribution in [0.15, 0.2) is 42.5 Å². The Morgan fingerprint density at radius 2 is 1.67 bits per heavy atom. The summed E-state index contributed by atoms with van der Waals surface area (Å²) in [7, 11) is 0. The summed E-state index contributed by atoms with van der Waals surface area (Å²) in [4.78, 5) is 0. The van der Waals surface area contributed by atoms with Gasteiger partial charge >= 0.3 is 0 Å². The molecule has 0 spiro atoms. The molecule has 0 radical (unpaired) electrons. The van der Waals surface area contributed by atoms with E-state index in [1.54, 1.807) is 0 Å². The van der Waals surface area contributed by atoms with Gasteiger partial charge in [0.25, 0.3) is 0 Å². The molecule has 21 heavy (non-hydrogen) atoms. The molecule has 0 bridgehead atoms. The van der Waals surface area contributed by atoms with Crippen molar-refractivity contribution in [2.45, 2.75) is 33.2 Å². The maximum atomic E-state index is 5.79. The summed E-state index contributed by atoms with van der Waals surface area (Å²) in [5.74, 6) is 6.56. The molecule has 0 aromatic heterocycles. The SMILES string of the molecule is Cc1cc(C)c(CC(COc2ccccc2)NN)c(C)c1. The molecule has 1 atom stereocenters. The lowest BCUT2D eigenvalue weighted by Gasteiger charge is -2.20. The van der Waals surface area contributed by atoms with E-state index < -0.39 is 0 Å². The molecule has 2 rings (SSSR count). The minimum atomic E-state index is 0.0883. The third-order valence-corrected chi connectivity index (χ3v) is 3.72. The van der Waals surface area contributed by atoms with Gasteiger partial charge in [-0.1, -0.05) is 35.9 Å². The summed E-state index contributed by atoms with van der Waals surface area (Å²) in [6, 6.07) is 14.3. The number of hydrogen-bond donors (Lipinski definition) is 2. The van der Waals surface area contributed by atoms with Gasteiger partial charge in [0.05, 0.1) is 6.04 Å². The van der Waals surface area contributed by atoms with Crippen molar-refractivity contribution in [3.8, 4) is 5.75 Å². The highest BCUT2D eigenvalue weighted by Gasteiger charge is 2.12. The Kier molecular flexibility index (Phi) is 5.37. The first-order valence-electron chi connectivity index (χ1n) is 7.31. The normalized spacial score (nSPS) is 12.2. The van der Waals surface area contributed by atoms with Crippen LogP contribution >= 0.6 is 0 Å². The van der Waals surface area contributed by atoms with Crippen LogP contribution in [0.25, 0.3) is 0 Å². The van der Waals surface area contributed by atoms with Crippen molar-refractivity contribution in [1.82, 2.24) is 5.43 Å². The van der Waals surface area contributed by atoms with Gasteiger partial charge in [-0.3, -0.25) is 11.3 Å². The average Bonchev–Trinajstić information content (AvgIpc) is 2.47. The van der Waals surface area contributed by atoms with Gasteiger partial charge in [0.15, 0.2) is 0 Å².